The Morgan fingerprint density at radius 3 is 2.57 bits per heavy atom. The number of rotatable bonds is 9. The van der Waals surface area contributed by atoms with Gasteiger partial charge in [-0.1, -0.05) is 35.5 Å². The highest BCUT2D eigenvalue weighted by atomic mass is 19.1. The molecule has 0 radical (unpaired) electrons. The van der Waals surface area contributed by atoms with E-state index in [-0.39, 0.29) is 5.82 Å². The van der Waals surface area contributed by atoms with Gasteiger partial charge in [0.2, 0.25) is 0 Å². The molecule has 0 amide bonds. The molecule has 1 N–H and O–H groups in total. The van der Waals surface area contributed by atoms with Gasteiger partial charge in [-0.05, 0) is 62.2 Å². The summed E-state index contributed by atoms with van der Waals surface area (Å²) in [5.41, 5.74) is 3.73. The van der Waals surface area contributed by atoms with Gasteiger partial charge in [-0.2, -0.15) is 4.52 Å². The predicted molar refractivity (Wildman–Crippen MR) is 135 cm³/mol. The van der Waals surface area contributed by atoms with Crippen molar-refractivity contribution in [2.24, 2.45) is 0 Å². The molecule has 35 heavy (non-hydrogen) atoms. The minimum Gasteiger partial charge on any atom is -0.490 e. The second-order valence-electron chi connectivity index (χ2n) is 7.99. The average Bonchev–Trinajstić information content (AvgIpc) is 3.30. The molecule has 0 aliphatic rings. The standard InChI is InChI=1S/C27H26FN5O2/c1-3-34-23-13-12-18(16-24(23)35-4-2)14-15-29-26-21-10-5-6-11-22(21)33-27(30-26)25(31-32-33)19-8-7-9-20(28)17-19/h5-13,16-17H,3-4,14-15H2,1-2H3,(H,29,30). The van der Waals surface area contributed by atoms with Crippen LogP contribution < -0.4 is 14.8 Å². The molecule has 0 bridgehead atoms. The number of nitrogens with zero attached hydrogens (tertiary/aromatic N) is 4. The van der Waals surface area contributed by atoms with E-state index in [4.69, 9.17) is 14.5 Å². The van der Waals surface area contributed by atoms with Crippen molar-refractivity contribution in [1.29, 1.82) is 0 Å². The van der Waals surface area contributed by atoms with E-state index in [1.165, 1.54) is 12.1 Å². The summed E-state index contributed by atoms with van der Waals surface area (Å²) in [5, 5.41) is 13.0. The Morgan fingerprint density at radius 2 is 1.74 bits per heavy atom. The normalized spacial score (nSPS) is 11.2. The van der Waals surface area contributed by atoms with Gasteiger partial charge >= 0.3 is 0 Å². The van der Waals surface area contributed by atoms with E-state index >= 15 is 0 Å². The van der Waals surface area contributed by atoms with Gasteiger partial charge in [0, 0.05) is 17.5 Å². The fourth-order valence-electron chi connectivity index (χ4n) is 4.10. The largest absolute Gasteiger partial charge is 0.490 e. The van der Waals surface area contributed by atoms with E-state index in [2.05, 4.69) is 15.6 Å². The Morgan fingerprint density at radius 1 is 0.914 bits per heavy atom. The van der Waals surface area contributed by atoms with Gasteiger partial charge in [0.25, 0.3) is 0 Å². The second-order valence-corrected chi connectivity index (χ2v) is 7.99. The molecule has 3 aromatic carbocycles. The molecule has 5 aromatic rings. The molecule has 0 fully saturated rings. The van der Waals surface area contributed by atoms with Crippen molar-refractivity contribution in [3.05, 3.63) is 78.1 Å². The van der Waals surface area contributed by atoms with Crippen molar-refractivity contribution in [3.63, 3.8) is 0 Å². The number of para-hydroxylation sites is 1. The van der Waals surface area contributed by atoms with E-state index in [1.54, 1.807) is 16.6 Å². The Labute approximate surface area is 202 Å². The summed E-state index contributed by atoms with van der Waals surface area (Å²) in [4.78, 5) is 4.85. The number of anilines is 1. The van der Waals surface area contributed by atoms with Crippen LogP contribution in [0.25, 0.3) is 27.8 Å². The van der Waals surface area contributed by atoms with Gasteiger partial charge in [-0.3, -0.25) is 0 Å². The van der Waals surface area contributed by atoms with Crippen molar-refractivity contribution in [2.45, 2.75) is 20.3 Å². The second kappa shape index (κ2) is 9.97. The molecule has 2 heterocycles. The van der Waals surface area contributed by atoms with E-state index in [0.29, 0.717) is 36.7 Å². The van der Waals surface area contributed by atoms with Crippen LogP contribution in [-0.4, -0.2) is 39.6 Å². The molecule has 0 saturated heterocycles. The molecule has 8 heteroatoms. The third-order valence-electron chi connectivity index (χ3n) is 5.66. The minimum atomic E-state index is -0.329. The first-order valence-electron chi connectivity index (χ1n) is 11.7. The molecular formula is C27H26FN5O2. The molecule has 0 aliphatic heterocycles. The van der Waals surface area contributed by atoms with Crippen LogP contribution in [0.4, 0.5) is 10.2 Å². The van der Waals surface area contributed by atoms with Crippen molar-refractivity contribution in [3.8, 4) is 22.8 Å². The highest BCUT2D eigenvalue weighted by molar-refractivity contribution is 5.93. The van der Waals surface area contributed by atoms with Crippen LogP contribution in [0, 0.1) is 5.82 Å². The molecule has 0 atom stereocenters. The molecule has 5 rings (SSSR count). The Balaban J connectivity index is 1.45. The van der Waals surface area contributed by atoms with Crippen LogP contribution in [0.15, 0.2) is 66.7 Å². The Bertz CT molecular complexity index is 1480. The summed E-state index contributed by atoms with van der Waals surface area (Å²) < 4.78 is 27.0. The van der Waals surface area contributed by atoms with Crippen LogP contribution in [-0.2, 0) is 6.42 Å². The van der Waals surface area contributed by atoms with E-state index in [9.17, 15) is 4.39 Å². The predicted octanol–water partition coefficient (Wildman–Crippen LogP) is 5.54. The fraction of sp³-hybridized carbons (Fsp3) is 0.222. The number of fused-ring (bicyclic) bond motifs is 3. The first-order chi connectivity index (χ1) is 17.2. The molecule has 178 valence electrons. The minimum absolute atomic E-state index is 0.329. The van der Waals surface area contributed by atoms with Gasteiger partial charge < -0.3 is 14.8 Å². The first-order valence-corrected chi connectivity index (χ1v) is 11.7. The van der Waals surface area contributed by atoms with Crippen LogP contribution in [0.3, 0.4) is 0 Å². The summed E-state index contributed by atoms with van der Waals surface area (Å²) >= 11 is 0. The first kappa shape index (κ1) is 22.6. The van der Waals surface area contributed by atoms with Gasteiger partial charge in [0.1, 0.15) is 17.3 Å². The zero-order valence-corrected chi connectivity index (χ0v) is 19.7. The van der Waals surface area contributed by atoms with Crippen LogP contribution >= 0.6 is 0 Å². The van der Waals surface area contributed by atoms with Gasteiger partial charge in [-0.25, -0.2) is 9.37 Å². The monoisotopic (exact) mass is 471 g/mol. The zero-order valence-electron chi connectivity index (χ0n) is 19.7. The Hall–Kier alpha value is -4.20. The molecular weight excluding hydrogens is 445 g/mol. The van der Waals surface area contributed by atoms with E-state index < -0.39 is 0 Å². The quantitative estimate of drug-likeness (QED) is 0.304. The van der Waals surface area contributed by atoms with E-state index in [1.807, 2.05) is 56.3 Å². The van der Waals surface area contributed by atoms with Crippen LogP contribution in [0.5, 0.6) is 11.5 Å². The Kier molecular flexibility index (Phi) is 6.43. The van der Waals surface area contributed by atoms with Gasteiger partial charge in [0.15, 0.2) is 17.1 Å². The van der Waals surface area contributed by atoms with Crippen molar-refractivity contribution in [2.75, 3.05) is 25.1 Å². The highest BCUT2D eigenvalue weighted by Gasteiger charge is 2.16. The van der Waals surface area contributed by atoms with Crippen molar-refractivity contribution < 1.29 is 13.9 Å². The maximum absolute atomic E-state index is 13.9. The summed E-state index contributed by atoms with van der Waals surface area (Å²) in [6, 6.07) is 20.2. The molecule has 0 spiro atoms. The lowest BCUT2D eigenvalue weighted by Gasteiger charge is -2.13. The smallest absolute Gasteiger partial charge is 0.186 e. The number of aromatic nitrogens is 4. The molecule has 0 unspecified atom stereocenters. The topological polar surface area (TPSA) is 73.6 Å². The summed E-state index contributed by atoms with van der Waals surface area (Å²) in [6.45, 7) is 5.73. The number of ether oxygens (including phenoxy) is 2. The van der Waals surface area contributed by atoms with Crippen molar-refractivity contribution >= 4 is 22.4 Å². The van der Waals surface area contributed by atoms with Crippen LogP contribution in [0.2, 0.25) is 0 Å². The number of benzene rings is 3. The SMILES string of the molecule is CCOc1ccc(CCNc2nc3c(-c4cccc(F)c4)nnn3c3ccccc23)cc1OCC. The van der Waals surface area contributed by atoms with Gasteiger partial charge in [-0.15, -0.1) is 5.10 Å². The fourth-order valence-corrected chi connectivity index (χ4v) is 4.10. The van der Waals surface area contributed by atoms with Crippen LogP contribution in [0.1, 0.15) is 19.4 Å². The molecule has 7 nitrogen and oxygen atoms in total. The lowest BCUT2D eigenvalue weighted by atomic mass is 10.1. The van der Waals surface area contributed by atoms with Gasteiger partial charge in [0.05, 0.1) is 18.7 Å². The molecule has 0 saturated carbocycles. The number of hydrogen-bond acceptors (Lipinski definition) is 6. The maximum Gasteiger partial charge on any atom is 0.186 e. The third-order valence-corrected chi connectivity index (χ3v) is 5.66. The molecule has 0 aliphatic carbocycles. The summed E-state index contributed by atoms with van der Waals surface area (Å²) in [7, 11) is 0. The lowest BCUT2D eigenvalue weighted by Crippen LogP contribution is -2.09. The van der Waals surface area contributed by atoms with Crippen molar-refractivity contribution in [1.82, 2.24) is 19.8 Å². The maximum atomic E-state index is 13.9. The van der Waals surface area contributed by atoms with E-state index in [0.717, 1.165) is 40.2 Å². The number of halogens is 1. The summed E-state index contributed by atoms with van der Waals surface area (Å²) in [6.07, 6.45) is 0.766. The average molecular weight is 472 g/mol. The third kappa shape index (κ3) is 4.59. The highest BCUT2D eigenvalue weighted by Crippen LogP contribution is 2.30. The molecule has 2 aromatic heterocycles. The zero-order chi connectivity index (χ0) is 24.2. The number of hydrogen-bond donors (Lipinski definition) is 1. The number of nitrogens with one attached hydrogen (secondary N) is 1. The summed E-state index contributed by atoms with van der Waals surface area (Å²) in [5.74, 6) is 1.90. The lowest BCUT2D eigenvalue weighted by molar-refractivity contribution is 0.287.